The number of guanidine groups is 1. The van der Waals surface area contributed by atoms with E-state index in [1.165, 1.54) is 12.8 Å². The first kappa shape index (κ1) is 19.0. The lowest BCUT2D eigenvalue weighted by molar-refractivity contribution is -0.116. The first-order chi connectivity index (χ1) is 9.99. The first-order valence-corrected chi connectivity index (χ1v) is 7.44. The average molecular weight is 437 g/mol. The quantitative estimate of drug-likeness (QED) is 0.423. The number of aliphatic imine (C=N–C) groups is 1. The van der Waals surface area contributed by atoms with Crippen LogP contribution in [0.2, 0.25) is 5.02 Å². The lowest BCUT2D eigenvalue weighted by Gasteiger charge is -2.16. The Hall–Kier alpha value is -1.02. The molecule has 0 bridgehead atoms. The summed E-state index contributed by atoms with van der Waals surface area (Å²) in [4.78, 5) is 18.1. The van der Waals surface area contributed by atoms with Gasteiger partial charge in [0.2, 0.25) is 5.91 Å². The molecule has 0 heterocycles. The molecule has 1 aromatic rings. The summed E-state index contributed by atoms with van der Waals surface area (Å²) in [6.07, 6.45) is 2.63. The van der Waals surface area contributed by atoms with Crippen molar-refractivity contribution >= 4 is 53.1 Å². The van der Waals surface area contributed by atoms with Crippen molar-refractivity contribution in [1.82, 2.24) is 4.90 Å². The van der Waals surface area contributed by atoms with E-state index < -0.39 is 0 Å². The maximum Gasteiger partial charge on any atom is 0.226 e. The number of carbonyl (C=O) groups is 1. The summed E-state index contributed by atoms with van der Waals surface area (Å²) in [6, 6.07) is 5.96. The van der Waals surface area contributed by atoms with Crippen LogP contribution in [0.1, 0.15) is 24.8 Å². The number of halogens is 2. The second-order valence-corrected chi connectivity index (χ2v) is 5.70. The summed E-state index contributed by atoms with van der Waals surface area (Å²) in [7, 11) is 1.94. The van der Waals surface area contributed by atoms with Gasteiger partial charge in [0, 0.05) is 30.2 Å². The minimum Gasteiger partial charge on any atom is -0.370 e. The third-order valence-electron chi connectivity index (χ3n) is 3.61. The van der Waals surface area contributed by atoms with E-state index in [1.54, 1.807) is 6.07 Å². The van der Waals surface area contributed by atoms with Gasteiger partial charge in [-0.05, 0) is 37.5 Å². The summed E-state index contributed by atoms with van der Waals surface area (Å²) in [6.45, 7) is 2.26. The molecular formula is C15H22ClIN4O. The van der Waals surface area contributed by atoms with E-state index in [2.05, 4.69) is 10.3 Å². The van der Waals surface area contributed by atoms with Crippen LogP contribution >= 0.6 is 35.6 Å². The molecule has 5 nitrogen and oxygen atoms in total. The molecule has 2 rings (SSSR count). The molecule has 0 unspecified atom stereocenters. The molecule has 1 aliphatic carbocycles. The van der Waals surface area contributed by atoms with Crippen molar-refractivity contribution in [3.05, 3.63) is 28.8 Å². The zero-order chi connectivity index (χ0) is 15.4. The number of amides is 1. The Bertz CT molecular complexity index is 560. The van der Waals surface area contributed by atoms with Crippen molar-refractivity contribution in [2.45, 2.75) is 32.2 Å². The molecule has 3 N–H and O–H groups in total. The van der Waals surface area contributed by atoms with Crippen molar-refractivity contribution in [1.29, 1.82) is 0 Å². The third kappa shape index (κ3) is 5.31. The van der Waals surface area contributed by atoms with Gasteiger partial charge < -0.3 is 16.0 Å². The Morgan fingerprint density at radius 3 is 2.82 bits per heavy atom. The second-order valence-electron chi connectivity index (χ2n) is 5.29. The molecule has 1 aliphatic rings. The van der Waals surface area contributed by atoms with Gasteiger partial charge in [-0.1, -0.05) is 17.7 Å². The second kappa shape index (κ2) is 8.57. The van der Waals surface area contributed by atoms with Crippen LogP contribution in [0.4, 0.5) is 5.69 Å². The van der Waals surface area contributed by atoms with Gasteiger partial charge >= 0.3 is 0 Å². The van der Waals surface area contributed by atoms with Gasteiger partial charge in [0.05, 0.1) is 6.54 Å². The Kier molecular flexibility index (Phi) is 7.41. The predicted octanol–water partition coefficient (Wildman–Crippen LogP) is 3.00. The molecule has 1 fully saturated rings. The minimum absolute atomic E-state index is 0. The predicted molar refractivity (Wildman–Crippen MR) is 102 cm³/mol. The van der Waals surface area contributed by atoms with E-state index in [9.17, 15) is 4.79 Å². The number of nitrogens with two attached hydrogens (primary N) is 1. The normalized spacial score (nSPS) is 14.2. The number of nitrogens with one attached hydrogen (secondary N) is 1. The molecule has 22 heavy (non-hydrogen) atoms. The van der Waals surface area contributed by atoms with E-state index in [1.807, 2.05) is 31.0 Å². The van der Waals surface area contributed by atoms with Gasteiger partial charge in [-0.3, -0.25) is 9.79 Å². The first-order valence-electron chi connectivity index (χ1n) is 7.06. The van der Waals surface area contributed by atoms with Crippen LogP contribution in [-0.2, 0) is 4.79 Å². The smallest absolute Gasteiger partial charge is 0.226 e. The van der Waals surface area contributed by atoms with Gasteiger partial charge in [0.1, 0.15) is 0 Å². The maximum absolute atomic E-state index is 11.9. The number of benzene rings is 1. The summed E-state index contributed by atoms with van der Waals surface area (Å²) in [5.74, 6) is 0.412. The van der Waals surface area contributed by atoms with Crippen molar-refractivity contribution in [2.24, 2.45) is 10.7 Å². The highest BCUT2D eigenvalue weighted by Gasteiger charge is 2.27. The van der Waals surface area contributed by atoms with Crippen molar-refractivity contribution in [3.8, 4) is 0 Å². The molecule has 1 aromatic carbocycles. The molecule has 0 aliphatic heterocycles. The fourth-order valence-corrected chi connectivity index (χ4v) is 2.16. The Labute approximate surface area is 153 Å². The van der Waals surface area contributed by atoms with E-state index in [0.29, 0.717) is 30.0 Å². The maximum atomic E-state index is 11.9. The average Bonchev–Trinajstić information content (AvgIpc) is 3.27. The molecule has 0 radical (unpaired) electrons. The number of hydrogen-bond acceptors (Lipinski definition) is 2. The number of rotatable bonds is 5. The number of anilines is 1. The van der Waals surface area contributed by atoms with Gasteiger partial charge in [-0.15, -0.1) is 24.0 Å². The van der Waals surface area contributed by atoms with Crippen LogP contribution in [0.25, 0.3) is 0 Å². The number of nitrogens with zero attached hydrogens (tertiary/aromatic N) is 2. The number of carbonyl (C=O) groups excluding carboxylic acids is 1. The largest absolute Gasteiger partial charge is 0.370 e. The lowest BCUT2D eigenvalue weighted by atomic mass is 10.2. The molecule has 0 spiro atoms. The summed E-state index contributed by atoms with van der Waals surface area (Å²) >= 11 is 6.02. The lowest BCUT2D eigenvalue weighted by Crippen LogP contribution is -2.35. The molecule has 1 saturated carbocycles. The van der Waals surface area contributed by atoms with E-state index in [4.69, 9.17) is 17.3 Å². The topological polar surface area (TPSA) is 70.7 Å². The number of hydrogen-bond donors (Lipinski definition) is 2. The zero-order valence-electron chi connectivity index (χ0n) is 12.8. The molecular weight excluding hydrogens is 415 g/mol. The summed E-state index contributed by atoms with van der Waals surface area (Å²) < 4.78 is 0. The van der Waals surface area contributed by atoms with Crippen molar-refractivity contribution < 1.29 is 4.79 Å². The van der Waals surface area contributed by atoms with Gasteiger partial charge in [0.15, 0.2) is 5.96 Å². The Morgan fingerprint density at radius 1 is 1.50 bits per heavy atom. The highest BCUT2D eigenvalue weighted by atomic mass is 127. The fraction of sp³-hybridized carbons (Fsp3) is 0.467. The van der Waals surface area contributed by atoms with E-state index in [-0.39, 0.29) is 29.9 Å². The summed E-state index contributed by atoms with van der Waals surface area (Å²) in [5, 5.41) is 3.48. The van der Waals surface area contributed by atoms with E-state index in [0.717, 1.165) is 11.3 Å². The Morgan fingerprint density at radius 2 is 2.18 bits per heavy atom. The van der Waals surface area contributed by atoms with Crippen molar-refractivity contribution in [3.63, 3.8) is 0 Å². The van der Waals surface area contributed by atoms with Crippen LogP contribution < -0.4 is 11.1 Å². The SMILES string of the molecule is Cc1c(Cl)cccc1NC(=O)CCN=C(N)N(C)C1CC1.I. The van der Waals surface area contributed by atoms with Crippen LogP contribution in [0.15, 0.2) is 23.2 Å². The van der Waals surface area contributed by atoms with Crippen LogP contribution in [0.3, 0.4) is 0 Å². The van der Waals surface area contributed by atoms with Gasteiger partial charge in [-0.25, -0.2) is 0 Å². The monoisotopic (exact) mass is 436 g/mol. The summed E-state index contributed by atoms with van der Waals surface area (Å²) in [5.41, 5.74) is 7.47. The Balaban J connectivity index is 0.00000242. The standard InChI is InChI=1S/C15H21ClN4O.HI/c1-10-12(16)4-3-5-13(10)19-14(21)8-9-18-15(17)20(2)11-6-7-11;/h3-5,11H,6-9H2,1-2H3,(H2,17,18)(H,19,21);1H. The molecule has 0 aromatic heterocycles. The highest BCUT2D eigenvalue weighted by Crippen LogP contribution is 2.25. The minimum atomic E-state index is -0.0917. The zero-order valence-corrected chi connectivity index (χ0v) is 15.9. The van der Waals surface area contributed by atoms with Crippen LogP contribution in [-0.4, -0.2) is 36.4 Å². The van der Waals surface area contributed by atoms with Crippen LogP contribution in [0, 0.1) is 6.92 Å². The van der Waals surface area contributed by atoms with E-state index >= 15 is 0 Å². The highest BCUT2D eigenvalue weighted by molar-refractivity contribution is 14.0. The van der Waals surface area contributed by atoms with Crippen molar-refractivity contribution in [2.75, 3.05) is 18.9 Å². The van der Waals surface area contributed by atoms with Gasteiger partial charge in [-0.2, -0.15) is 0 Å². The molecule has 0 atom stereocenters. The third-order valence-corrected chi connectivity index (χ3v) is 4.02. The van der Waals surface area contributed by atoms with Gasteiger partial charge in [0.25, 0.3) is 0 Å². The molecule has 122 valence electrons. The molecule has 1 amide bonds. The molecule has 0 saturated heterocycles. The van der Waals surface area contributed by atoms with Crippen LogP contribution in [0.5, 0.6) is 0 Å². The fourth-order valence-electron chi connectivity index (χ4n) is 1.99. The molecule has 7 heteroatoms.